The van der Waals surface area contributed by atoms with E-state index in [2.05, 4.69) is 149 Å². The van der Waals surface area contributed by atoms with E-state index >= 15 is 0 Å². The van der Waals surface area contributed by atoms with Crippen molar-refractivity contribution in [1.29, 1.82) is 0 Å². The lowest BCUT2D eigenvalue weighted by atomic mass is 9.75. The molecule has 0 N–H and O–H groups in total. The van der Waals surface area contributed by atoms with Gasteiger partial charge in [-0.3, -0.25) is 0 Å². The standard InChI is InChI=1S/C36H58Cl2O2Si/c1-31(2,3)23-19-25(33(7,8)9)29(26(20-23)34(10,11)12)39-41(37,38)40-30-27(35(13,14)15)21-24(32(4,5)6)22-28(30)36(16,17)18/h19-22H,1-18H3. The fraction of sp³-hybridized carbons (Fsp3) is 0.667. The van der Waals surface area contributed by atoms with Crippen molar-refractivity contribution in [2.24, 2.45) is 0 Å². The molecule has 0 spiro atoms. The van der Waals surface area contributed by atoms with Gasteiger partial charge in [0.15, 0.2) is 0 Å². The molecule has 0 unspecified atom stereocenters. The van der Waals surface area contributed by atoms with Crippen LogP contribution < -0.4 is 8.85 Å². The molecule has 0 aromatic heterocycles. The molecule has 0 fully saturated rings. The van der Waals surface area contributed by atoms with Crippen LogP contribution in [0.4, 0.5) is 0 Å². The molecule has 0 aliphatic heterocycles. The zero-order valence-corrected chi connectivity index (χ0v) is 31.9. The van der Waals surface area contributed by atoms with Gasteiger partial charge in [0.2, 0.25) is 0 Å². The zero-order valence-electron chi connectivity index (χ0n) is 29.4. The zero-order chi connectivity index (χ0) is 32.4. The van der Waals surface area contributed by atoms with Crippen LogP contribution in [0.15, 0.2) is 24.3 Å². The molecule has 0 bridgehead atoms. The number of rotatable bonds is 4. The van der Waals surface area contributed by atoms with Crippen molar-refractivity contribution in [2.45, 2.75) is 157 Å². The van der Waals surface area contributed by atoms with Gasteiger partial charge in [0.05, 0.1) is 0 Å². The third kappa shape index (κ3) is 8.93. The van der Waals surface area contributed by atoms with Crippen LogP contribution in [0.1, 0.15) is 158 Å². The van der Waals surface area contributed by atoms with E-state index in [1.807, 2.05) is 0 Å². The molecule has 0 saturated carbocycles. The van der Waals surface area contributed by atoms with Crippen LogP contribution in [0.3, 0.4) is 0 Å². The first-order chi connectivity index (χ1) is 17.9. The lowest BCUT2D eigenvalue weighted by Crippen LogP contribution is -2.40. The van der Waals surface area contributed by atoms with E-state index in [1.54, 1.807) is 0 Å². The number of hydrogen-bond acceptors (Lipinski definition) is 2. The van der Waals surface area contributed by atoms with Gasteiger partial charge in [-0.25, -0.2) is 0 Å². The van der Waals surface area contributed by atoms with Crippen molar-refractivity contribution in [1.82, 2.24) is 0 Å². The Morgan fingerprint density at radius 2 is 0.585 bits per heavy atom. The van der Waals surface area contributed by atoms with Crippen molar-refractivity contribution in [3.8, 4) is 11.5 Å². The summed E-state index contributed by atoms with van der Waals surface area (Å²) in [5.74, 6) is 1.49. The molecule has 0 saturated heterocycles. The molecule has 2 aromatic rings. The lowest BCUT2D eigenvalue weighted by Gasteiger charge is -2.36. The van der Waals surface area contributed by atoms with Crippen molar-refractivity contribution >= 4 is 29.3 Å². The van der Waals surface area contributed by atoms with E-state index < -0.39 is 7.18 Å². The van der Waals surface area contributed by atoms with Crippen molar-refractivity contribution in [3.05, 3.63) is 57.6 Å². The molecular weight excluding hydrogens is 563 g/mol. The first-order valence-corrected chi connectivity index (χ1v) is 18.8. The Morgan fingerprint density at radius 3 is 0.732 bits per heavy atom. The van der Waals surface area contributed by atoms with E-state index in [-0.39, 0.29) is 32.5 Å². The molecule has 0 amide bonds. The van der Waals surface area contributed by atoms with Gasteiger partial charge in [0.25, 0.3) is 0 Å². The van der Waals surface area contributed by atoms with Crippen LogP contribution >= 0.6 is 22.2 Å². The van der Waals surface area contributed by atoms with Gasteiger partial charge < -0.3 is 8.85 Å². The molecule has 41 heavy (non-hydrogen) atoms. The van der Waals surface area contributed by atoms with E-state index in [0.29, 0.717) is 0 Å². The summed E-state index contributed by atoms with van der Waals surface area (Å²) in [5, 5.41) is 0. The largest absolute Gasteiger partial charge is 0.681 e. The Labute approximate surface area is 263 Å². The summed E-state index contributed by atoms with van der Waals surface area (Å²) >= 11 is 14.4. The fourth-order valence-corrected chi connectivity index (χ4v) is 6.71. The second-order valence-electron chi connectivity index (χ2n) is 18.0. The monoisotopic (exact) mass is 620 g/mol. The minimum atomic E-state index is -3.81. The van der Waals surface area contributed by atoms with Crippen LogP contribution in [0.25, 0.3) is 0 Å². The lowest BCUT2D eigenvalue weighted by molar-refractivity contribution is 0.395. The molecule has 0 heterocycles. The molecule has 0 aliphatic carbocycles. The summed E-state index contributed by atoms with van der Waals surface area (Å²) in [5.41, 5.74) is 6.05. The maximum atomic E-state index is 7.21. The Bertz CT molecular complexity index is 1080. The van der Waals surface area contributed by atoms with E-state index in [1.165, 1.54) is 11.1 Å². The summed E-state index contributed by atoms with van der Waals surface area (Å²) < 4.78 is 13.5. The van der Waals surface area contributed by atoms with Crippen molar-refractivity contribution < 1.29 is 8.85 Å². The molecule has 0 radical (unpaired) electrons. The highest BCUT2D eigenvalue weighted by Crippen LogP contribution is 2.47. The van der Waals surface area contributed by atoms with E-state index in [9.17, 15) is 0 Å². The predicted molar refractivity (Wildman–Crippen MR) is 184 cm³/mol. The summed E-state index contributed by atoms with van der Waals surface area (Å²) in [4.78, 5) is 0. The van der Waals surface area contributed by atoms with Gasteiger partial charge in [-0.15, -0.1) is 0 Å². The minimum absolute atomic E-state index is 0.0243. The summed E-state index contributed by atoms with van der Waals surface area (Å²) in [7, 11) is -3.81. The second-order valence-corrected chi connectivity index (χ2v) is 22.9. The molecule has 2 aromatic carbocycles. The first kappa shape index (κ1) is 36.0. The average molecular weight is 622 g/mol. The number of benzene rings is 2. The van der Waals surface area contributed by atoms with Crippen molar-refractivity contribution in [3.63, 3.8) is 0 Å². The predicted octanol–water partition coefficient (Wildman–Crippen LogP) is 11.8. The van der Waals surface area contributed by atoms with Crippen LogP contribution in [-0.4, -0.2) is 7.18 Å². The van der Waals surface area contributed by atoms with Crippen LogP contribution in [-0.2, 0) is 32.5 Å². The highest BCUT2D eigenvalue weighted by Gasteiger charge is 2.45. The van der Waals surface area contributed by atoms with Gasteiger partial charge in [-0.1, -0.05) is 171 Å². The van der Waals surface area contributed by atoms with Gasteiger partial charge in [-0.2, -0.15) is 0 Å². The first-order valence-electron chi connectivity index (χ1n) is 15.0. The maximum absolute atomic E-state index is 7.21. The summed E-state index contributed by atoms with van der Waals surface area (Å²) in [6, 6.07) is 9.06. The van der Waals surface area contributed by atoms with Crippen LogP contribution in [0.5, 0.6) is 11.5 Å². The third-order valence-electron chi connectivity index (χ3n) is 7.58. The van der Waals surface area contributed by atoms with E-state index in [0.717, 1.165) is 33.8 Å². The normalized spacial score (nSPS) is 14.3. The highest BCUT2D eigenvalue weighted by molar-refractivity contribution is 7.39. The summed E-state index contributed by atoms with van der Waals surface area (Å²) in [6.45, 7) is 40.0. The molecule has 0 atom stereocenters. The maximum Gasteiger partial charge on any atom is 0.681 e. The average Bonchev–Trinajstić information content (AvgIpc) is 2.68. The topological polar surface area (TPSA) is 18.5 Å². The number of halogens is 2. The highest BCUT2D eigenvalue weighted by atomic mass is 35.7. The Balaban J connectivity index is 2.89. The van der Waals surface area contributed by atoms with Gasteiger partial charge in [0, 0.05) is 0 Å². The Kier molecular flexibility index (Phi) is 9.74. The number of hydrogen-bond donors (Lipinski definition) is 0. The van der Waals surface area contributed by atoms with Gasteiger partial charge in [-0.05, 0) is 65.9 Å². The van der Waals surface area contributed by atoms with E-state index in [4.69, 9.17) is 31.0 Å². The Morgan fingerprint density at radius 1 is 0.390 bits per heavy atom. The molecule has 5 heteroatoms. The fourth-order valence-electron chi connectivity index (χ4n) is 4.83. The Hall–Kier alpha value is -1.16. The summed E-state index contributed by atoms with van der Waals surface area (Å²) in [6.07, 6.45) is 0. The smallest absolute Gasteiger partial charge is 0.490 e. The van der Waals surface area contributed by atoms with Crippen LogP contribution in [0.2, 0.25) is 0 Å². The molecular formula is C36H58Cl2O2Si. The minimum Gasteiger partial charge on any atom is -0.490 e. The van der Waals surface area contributed by atoms with Crippen molar-refractivity contribution in [2.75, 3.05) is 0 Å². The van der Waals surface area contributed by atoms with Gasteiger partial charge >= 0.3 is 7.18 Å². The third-order valence-corrected chi connectivity index (χ3v) is 9.39. The molecule has 232 valence electrons. The molecule has 2 nitrogen and oxygen atoms in total. The second kappa shape index (κ2) is 11.1. The van der Waals surface area contributed by atoms with Crippen LogP contribution in [0, 0.1) is 0 Å². The quantitative estimate of drug-likeness (QED) is 0.250. The SMILES string of the molecule is CC(C)(C)c1cc(C(C)(C)C)c(O[Si](Cl)(Cl)Oc2c(C(C)(C)C)cc(C(C)(C)C)cc2C(C)(C)C)c(C(C)(C)C)c1. The molecule has 0 aliphatic rings. The molecule has 2 rings (SSSR count). The van der Waals surface area contributed by atoms with Gasteiger partial charge in [0.1, 0.15) is 11.5 Å².